The van der Waals surface area contributed by atoms with Crippen molar-refractivity contribution in [3.63, 3.8) is 0 Å². The Morgan fingerprint density at radius 1 is 1.18 bits per heavy atom. The molecule has 0 atom stereocenters. The van der Waals surface area contributed by atoms with Gasteiger partial charge in [-0.05, 0) is 12.1 Å². The van der Waals surface area contributed by atoms with Gasteiger partial charge in [-0.1, -0.05) is 18.2 Å². The molecule has 0 fully saturated rings. The van der Waals surface area contributed by atoms with Crippen molar-refractivity contribution >= 4 is 6.29 Å². The van der Waals surface area contributed by atoms with Crippen LogP contribution in [0.3, 0.4) is 0 Å². The van der Waals surface area contributed by atoms with Crippen molar-refractivity contribution in [3.8, 4) is 5.69 Å². The topological polar surface area (TPSA) is 34.9 Å². The van der Waals surface area contributed by atoms with Gasteiger partial charge in [0.2, 0.25) is 0 Å². The lowest BCUT2D eigenvalue weighted by Crippen LogP contribution is -2.15. The SMILES string of the molecule is O=Cc1cnn(-c2ccccc2)c1C(F)(F)F. The second-order valence-electron chi connectivity index (χ2n) is 3.31. The fourth-order valence-corrected chi connectivity index (χ4v) is 1.50. The lowest BCUT2D eigenvalue weighted by molar-refractivity contribution is -0.143. The van der Waals surface area contributed by atoms with E-state index in [0.29, 0.717) is 4.68 Å². The first kappa shape index (κ1) is 11.4. The van der Waals surface area contributed by atoms with E-state index in [9.17, 15) is 18.0 Å². The Morgan fingerprint density at radius 3 is 2.35 bits per heavy atom. The molecule has 0 aliphatic rings. The van der Waals surface area contributed by atoms with Gasteiger partial charge in [0.25, 0.3) is 0 Å². The number of rotatable bonds is 2. The maximum absolute atomic E-state index is 12.8. The number of nitrogens with zero attached hydrogens (tertiary/aromatic N) is 2. The second-order valence-corrected chi connectivity index (χ2v) is 3.31. The van der Waals surface area contributed by atoms with Gasteiger partial charge < -0.3 is 0 Å². The van der Waals surface area contributed by atoms with Crippen LogP contribution in [0, 0.1) is 0 Å². The molecule has 0 amide bonds. The van der Waals surface area contributed by atoms with Crippen molar-refractivity contribution in [2.24, 2.45) is 0 Å². The first-order valence-corrected chi connectivity index (χ1v) is 4.70. The van der Waals surface area contributed by atoms with Crippen molar-refractivity contribution in [1.29, 1.82) is 0 Å². The molecule has 0 radical (unpaired) electrons. The van der Waals surface area contributed by atoms with Crippen molar-refractivity contribution in [2.75, 3.05) is 0 Å². The summed E-state index contributed by atoms with van der Waals surface area (Å²) in [5, 5.41) is 3.59. The van der Waals surface area contributed by atoms with Gasteiger partial charge in [0.05, 0.1) is 17.4 Å². The van der Waals surface area contributed by atoms with E-state index in [1.807, 2.05) is 0 Å². The molecule has 0 saturated heterocycles. The van der Waals surface area contributed by atoms with Crippen molar-refractivity contribution in [1.82, 2.24) is 9.78 Å². The molecule has 0 aliphatic carbocycles. The highest BCUT2D eigenvalue weighted by molar-refractivity contribution is 5.76. The van der Waals surface area contributed by atoms with E-state index >= 15 is 0 Å². The number of aromatic nitrogens is 2. The van der Waals surface area contributed by atoms with E-state index in [1.54, 1.807) is 18.2 Å². The van der Waals surface area contributed by atoms with Crippen LogP contribution >= 0.6 is 0 Å². The van der Waals surface area contributed by atoms with Crippen LogP contribution in [0.15, 0.2) is 36.5 Å². The van der Waals surface area contributed by atoms with Crippen molar-refractivity contribution < 1.29 is 18.0 Å². The molecule has 2 rings (SSSR count). The molecule has 88 valence electrons. The van der Waals surface area contributed by atoms with Crippen LogP contribution in [-0.4, -0.2) is 16.1 Å². The van der Waals surface area contributed by atoms with Gasteiger partial charge in [-0.2, -0.15) is 18.3 Å². The largest absolute Gasteiger partial charge is 0.434 e. The molecule has 0 saturated carbocycles. The quantitative estimate of drug-likeness (QED) is 0.756. The zero-order valence-corrected chi connectivity index (χ0v) is 8.48. The van der Waals surface area contributed by atoms with Gasteiger partial charge in [0, 0.05) is 0 Å². The highest BCUT2D eigenvalue weighted by Crippen LogP contribution is 2.32. The predicted molar refractivity (Wildman–Crippen MR) is 54.0 cm³/mol. The highest BCUT2D eigenvalue weighted by Gasteiger charge is 2.38. The molecule has 0 unspecified atom stereocenters. The Balaban J connectivity index is 2.64. The Morgan fingerprint density at radius 2 is 1.82 bits per heavy atom. The first-order valence-electron chi connectivity index (χ1n) is 4.70. The number of halogens is 3. The van der Waals surface area contributed by atoms with Crippen LogP contribution in [-0.2, 0) is 6.18 Å². The summed E-state index contributed by atoms with van der Waals surface area (Å²) in [4.78, 5) is 10.6. The Bertz CT molecular complexity index is 531. The van der Waals surface area contributed by atoms with Crippen LogP contribution in [0.2, 0.25) is 0 Å². The van der Waals surface area contributed by atoms with E-state index in [4.69, 9.17) is 0 Å². The number of para-hydroxylation sites is 1. The summed E-state index contributed by atoms with van der Waals surface area (Å²) in [5.74, 6) is 0. The molecule has 0 N–H and O–H groups in total. The van der Waals surface area contributed by atoms with Gasteiger partial charge in [-0.25, -0.2) is 4.68 Å². The molecule has 0 aliphatic heterocycles. The fourth-order valence-electron chi connectivity index (χ4n) is 1.50. The van der Waals surface area contributed by atoms with Crippen LogP contribution < -0.4 is 0 Å². The first-order chi connectivity index (χ1) is 8.04. The van der Waals surface area contributed by atoms with Crippen molar-refractivity contribution in [2.45, 2.75) is 6.18 Å². The third-order valence-electron chi connectivity index (χ3n) is 2.19. The van der Waals surface area contributed by atoms with Gasteiger partial charge in [-0.15, -0.1) is 0 Å². The molecule has 1 aromatic carbocycles. The lowest BCUT2D eigenvalue weighted by Gasteiger charge is -2.10. The summed E-state index contributed by atoms with van der Waals surface area (Å²) < 4.78 is 39.1. The van der Waals surface area contributed by atoms with E-state index < -0.39 is 17.4 Å². The summed E-state index contributed by atoms with van der Waals surface area (Å²) in [7, 11) is 0. The summed E-state index contributed by atoms with van der Waals surface area (Å²) in [6.07, 6.45) is -3.57. The molecule has 0 spiro atoms. The van der Waals surface area contributed by atoms with Gasteiger partial charge >= 0.3 is 6.18 Å². The third kappa shape index (κ3) is 2.06. The maximum atomic E-state index is 12.8. The van der Waals surface area contributed by atoms with E-state index in [1.165, 1.54) is 12.1 Å². The highest BCUT2D eigenvalue weighted by atomic mass is 19.4. The Kier molecular flexibility index (Phi) is 2.71. The van der Waals surface area contributed by atoms with E-state index in [0.717, 1.165) is 6.20 Å². The Hall–Kier alpha value is -2.11. The summed E-state index contributed by atoms with van der Waals surface area (Å²) in [6.45, 7) is 0. The monoisotopic (exact) mass is 240 g/mol. The number of hydrogen-bond acceptors (Lipinski definition) is 2. The molecule has 1 aromatic heterocycles. The second kappa shape index (κ2) is 4.04. The van der Waals surface area contributed by atoms with Crippen molar-refractivity contribution in [3.05, 3.63) is 47.8 Å². The molecule has 2 aromatic rings. The maximum Gasteiger partial charge on any atom is 0.434 e. The zero-order chi connectivity index (χ0) is 12.5. The van der Waals surface area contributed by atoms with E-state index in [2.05, 4.69) is 5.10 Å². The molecule has 0 bridgehead atoms. The number of carbonyl (C=O) groups is 1. The minimum Gasteiger partial charge on any atom is -0.298 e. The lowest BCUT2D eigenvalue weighted by atomic mass is 10.2. The average Bonchev–Trinajstić information content (AvgIpc) is 2.73. The van der Waals surface area contributed by atoms with Crippen LogP contribution in [0.4, 0.5) is 13.2 Å². The number of alkyl halides is 3. The average molecular weight is 240 g/mol. The minimum atomic E-state index is -4.62. The smallest absolute Gasteiger partial charge is 0.298 e. The molecule has 6 heteroatoms. The van der Waals surface area contributed by atoms with Gasteiger partial charge in [0.1, 0.15) is 0 Å². The minimum absolute atomic E-state index is 0.148. The van der Waals surface area contributed by atoms with Gasteiger partial charge in [0.15, 0.2) is 12.0 Å². The standard InChI is InChI=1S/C11H7F3N2O/c12-11(13,14)10-8(7-17)6-15-16(10)9-4-2-1-3-5-9/h1-7H. The molecule has 17 heavy (non-hydrogen) atoms. The Labute approximate surface area is 94.5 Å². The number of carbonyl (C=O) groups excluding carboxylic acids is 1. The summed E-state index contributed by atoms with van der Waals surface area (Å²) >= 11 is 0. The fraction of sp³-hybridized carbons (Fsp3) is 0.0909. The summed E-state index contributed by atoms with van der Waals surface area (Å²) in [6, 6.07) is 7.84. The molecule has 3 nitrogen and oxygen atoms in total. The van der Waals surface area contributed by atoms with Crippen LogP contribution in [0.25, 0.3) is 5.69 Å². The number of aldehydes is 1. The van der Waals surface area contributed by atoms with Crippen LogP contribution in [0.5, 0.6) is 0 Å². The van der Waals surface area contributed by atoms with Crippen LogP contribution in [0.1, 0.15) is 16.1 Å². The normalized spacial score (nSPS) is 11.5. The molecule has 1 heterocycles. The third-order valence-corrected chi connectivity index (χ3v) is 2.19. The molecular formula is C11H7F3N2O. The predicted octanol–water partition coefficient (Wildman–Crippen LogP) is 2.70. The number of hydrogen-bond donors (Lipinski definition) is 0. The van der Waals surface area contributed by atoms with Gasteiger partial charge in [-0.3, -0.25) is 4.79 Å². The molecular weight excluding hydrogens is 233 g/mol. The summed E-state index contributed by atoms with van der Waals surface area (Å²) in [5.41, 5.74) is -1.27. The van der Waals surface area contributed by atoms with E-state index in [-0.39, 0.29) is 12.0 Å². The number of benzene rings is 1. The zero-order valence-electron chi connectivity index (χ0n) is 8.48.